The van der Waals surface area contributed by atoms with Gasteiger partial charge in [-0.3, -0.25) is 4.57 Å². The van der Waals surface area contributed by atoms with E-state index in [1.54, 1.807) is 0 Å². The van der Waals surface area contributed by atoms with Crippen molar-refractivity contribution in [2.24, 2.45) is 0 Å². The molecule has 10 aromatic carbocycles. The van der Waals surface area contributed by atoms with Crippen molar-refractivity contribution in [1.82, 2.24) is 24.1 Å². The summed E-state index contributed by atoms with van der Waals surface area (Å²) in [6.45, 7) is 0. The van der Waals surface area contributed by atoms with Crippen LogP contribution in [-0.2, 0) is 0 Å². The zero-order valence-corrected chi connectivity index (χ0v) is 36.9. The fraction of sp³-hybridized carbons (Fsp3) is 0. The standard InChI is InChI=1S/C63H41N5/c1-5-20-42(21-6-1)45-26-17-28-47(38-45)48-29-18-30-49(39-48)54-41-55-52-34-13-15-36-56(52)67(51-32-11-4-12-33-51)59(55)60-58(54)53-35-14-16-37-57(53)68(60)63-65-61(44-24-9-3-10-25-44)64-62(66-63)50-31-19-27-46(40-50)43-22-7-2-8-23-43/h1-41H. The van der Waals surface area contributed by atoms with Crippen molar-refractivity contribution in [1.29, 1.82) is 0 Å². The minimum Gasteiger partial charge on any atom is -0.307 e. The zero-order valence-electron chi connectivity index (χ0n) is 36.9. The summed E-state index contributed by atoms with van der Waals surface area (Å²) in [4.78, 5) is 16.2. The first-order valence-corrected chi connectivity index (χ1v) is 23.0. The summed E-state index contributed by atoms with van der Waals surface area (Å²) in [5.41, 5.74) is 16.3. The van der Waals surface area contributed by atoms with E-state index in [1.165, 1.54) is 11.1 Å². The van der Waals surface area contributed by atoms with E-state index in [9.17, 15) is 0 Å². The zero-order chi connectivity index (χ0) is 45.0. The number of hydrogen-bond donors (Lipinski definition) is 0. The summed E-state index contributed by atoms with van der Waals surface area (Å²) in [5.74, 6) is 1.74. The molecule has 318 valence electrons. The van der Waals surface area contributed by atoms with E-state index in [2.05, 4.69) is 234 Å². The highest BCUT2D eigenvalue weighted by Gasteiger charge is 2.26. The normalized spacial score (nSPS) is 11.5. The molecule has 0 amide bonds. The summed E-state index contributed by atoms with van der Waals surface area (Å²) in [5, 5.41) is 4.53. The lowest BCUT2D eigenvalue weighted by Gasteiger charge is -2.15. The van der Waals surface area contributed by atoms with Gasteiger partial charge in [-0.25, -0.2) is 4.98 Å². The Hall–Kier alpha value is -9.19. The number of rotatable bonds is 8. The molecule has 3 aromatic heterocycles. The molecule has 0 N–H and O–H groups in total. The molecule has 0 aliphatic heterocycles. The van der Waals surface area contributed by atoms with E-state index in [0.29, 0.717) is 17.6 Å². The van der Waals surface area contributed by atoms with Crippen molar-refractivity contribution in [2.75, 3.05) is 0 Å². The first kappa shape index (κ1) is 39.2. The Bertz CT molecular complexity index is 4010. The predicted octanol–water partition coefficient (Wildman–Crippen LogP) is 16.1. The Morgan fingerprint density at radius 2 is 0.691 bits per heavy atom. The topological polar surface area (TPSA) is 48.5 Å². The smallest absolute Gasteiger partial charge is 0.238 e. The summed E-state index contributed by atoms with van der Waals surface area (Å²) in [6.07, 6.45) is 0. The van der Waals surface area contributed by atoms with Crippen LogP contribution in [-0.4, -0.2) is 24.1 Å². The number of hydrogen-bond acceptors (Lipinski definition) is 3. The molecule has 0 saturated heterocycles. The monoisotopic (exact) mass is 867 g/mol. The Kier molecular flexibility index (Phi) is 9.43. The lowest BCUT2D eigenvalue weighted by molar-refractivity contribution is 0.953. The van der Waals surface area contributed by atoms with Gasteiger partial charge in [-0.15, -0.1) is 0 Å². The second-order valence-corrected chi connectivity index (χ2v) is 17.2. The summed E-state index contributed by atoms with van der Waals surface area (Å²) in [6, 6.07) is 88.2. The second-order valence-electron chi connectivity index (χ2n) is 17.2. The SMILES string of the molecule is c1ccc(-c2cccc(-c3cccc(-c4cc5c6ccccc6n(-c6ccccc6)c5c5c4c4ccccc4n5-c4nc(-c5ccccc5)nc(-c5cccc(-c6ccccc6)c5)n4)c3)c2)cc1. The van der Waals surface area contributed by atoms with Gasteiger partial charge in [-0.2, -0.15) is 9.97 Å². The number of benzene rings is 10. The number of fused-ring (bicyclic) bond motifs is 7. The molecule has 0 spiro atoms. The molecule has 5 nitrogen and oxygen atoms in total. The third-order valence-electron chi connectivity index (χ3n) is 13.1. The Labute approximate surface area is 393 Å². The van der Waals surface area contributed by atoms with Crippen molar-refractivity contribution >= 4 is 43.6 Å². The van der Waals surface area contributed by atoms with Gasteiger partial charge in [0.1, 0.15) is 0 Å². The highest BCUT2D eigenvalue weighted by molar-refractivity contribution is 6.28. The molecule has 0 saturated carbocycles. The van der Waals surface area contributed by atoms with Gasteiger partial charge >= 0.3 is 0 Å². The molecule has 0 bridgehead atoms. The van der Waals surface area contributed by atoms with E-state index in [-0.39, 0.29) is 0 Å². The van der Waals surface area contributed by atoms with Crippen molar-refractivity contribution < 1.29 is 0 Å². The number of aromatic nitrogens is 5. The summed E-state index contributed by atoms with van der Waals surface area (Å²) < 4.78 is 4.71. The minimum absolute atomic E-state index is 0.542. The van der Waals surface area contributed by atoms with Gasteiger partial charge in [-0.1, -0.05) is 200 Å². The molecule has 5 heteroatoms. The lowest BCUT2D eigenvalue weighted by atomic mass is 9.93. The van der Waals surface area contributed by atoms with Gasteiger partial charge in [0.25, 0.3) is 0 Å². The van der Waals surface area contributed by atoms with Crippen molar-refractivity contribution in [3.05, 3.63) is 249 Å². The summed E-state index contributed by atoms with van der Waals surface area (Å²) in [7, 11) is 0. The molecule has 3 heterocycles. The van der Waals surface area contributed by atoms with Crippen LogP contribution in [0, 0.1) is 0 Å². The van der Waals surface area contributed by atoms with Gasteiger partial charge in [0.2, 0.25) is 5.95 Å². The van der Waals surface area contributed by atoms with E-state index in [1.807, 2.05) is 24.3 Å². The van der Waals surface area contributed by atoms with E-state index in [4.69, 9.17) is 15.0 Å². The first-order valence-electron chi connectivity index (χ1n) is 23.0. The average molecular weight is 868 g/mol. The number of nitrogens with zero attached hydrogens (tertiary/aromatic N) is 5. The van der Waals surface area contributed by atoms with E-state index in [0.717, 1.165) is 93.8 Å². The van der Waals surface area contributed by atoms with E-state index < -0.39 is 0 Å². The quantitative estimate of drug-likeness (QED) is 0.153. The molecule has 0 radical (unpaired) electrons. The molecule has 68 heavy (non-hydrogen) atoms. The molecular formula is C63H41N5. The van der Waals surface area contributed by atoms with Crippen molar-refractivity contribution in [3.8, 4) is 78.9 Å². The maximum absolute atomic E-state index is 5.49. The highest BCUT2D eigenvalue weighted by atomic mass is 15.2. The van der Waals surface area contributed by atoms with Crippen LogP contribution < -0.4 is 0 Å². The van der Waals surface area contributed by atoms with Gasteiger partial charge in [0.05, 0.1) is 22.1 Å². The molecule has 0 fully saturated rings. The van der Waals surface area contributed by atoms with Gasteiger partial charge < -0.3 is 4.57 Å². The molecule has 0 aliphatic carbocycles. The molecule has 0 atom stereocenters. The number of para-hydroxylation sites is 3. The van der Waals surface area contributed by atoms with Crippen LogP contribution in [0.4, 0.5) is 0 Å². The minimum atomic E-state index is 0.542. The van der Waals surface area contributed by atoms with Crippen LogP contribution in [0.1, 0.15) is 0 Å². The van der Waals surface area contributed by atoms with Crippen LogP contribution in [0.5, 0.6) is 0 Å². The van der Waals surface area contributed by atoms with Crippen molar-refractivity contribution in [3.63, 3.8) is 0 Å². The van der Waals surface area contributed by atoms with Crippen LogP contribution in [0.2, 0.25) is 0 Å². The van der Waals surface area contributed by atoms with Gasteiger partial charge in [-0.05, 0) is 93.0 Å². The fourth-order valence-corrected chi connectivity index (χ4v) is 10.0. The first-order chi connectivity index (χ1) is 33.7. The molecule has 13 aromatic rings. The van der Waals surface area contributed by atoms with Gasteiger partial charge in [0, 0.05) is 38.4 Å². The molecule has 0 aliphatic rings. The molecule has 13 rings (SSSR count). The Morgan fingerprint density at radius 1 is 0.265 bits per heavy atom. The fourth-order valence-electron chi connectivity index (χ4n) is 10.0. The predicted molar refractivity (Wildman–Crippen MR) is 281 cm³/mol. The molecule has 0 unspecified atom stereocenters. The van der Waals surface area contributed by atoms with Crippen LogP contribution in [0.25, 0.3) is 123 Å². The highest BCUT2D eigenvalue weighted by Crippen LogP contribution is 2.47. The van der Waals surface area contributed by atoms with Crippen LogP contribution >= 0.6 is 0 Å². The lowest BCUT2D eigenvalue weighted by Crippen LogP contribution is -2.07. The maximum atomic E-state index is 5.49. The third-order valence-corrected chi connectivity index (χ3v) is 13.1. The van der Waals surface area contributed by atoms with Gasteiger partial charge in [0.15, 0.2) is 11.6 Å². The second kappa shape index (κ2) is 16.4. The Morgan fingerprint density at radius 3 is 1.31 bits per heavy atom. The Balaban J connectivity index is 1.14. The maximum Gasteiger partial charge on any atom is 0.238 e. The molecular weight excluding hydrogens is 827 g/mol. The third kappa shape index (κ3) is 6.68. The van der Waals surface area contributed by atoms with Crippen LogP contribution in [0.3, 0.4) is 0 Å². The largest absolute Gasteiger partial charge is 0.307 e. The summed E-state index contributed by atoms with van der Waals surface area (Å²) >= 11 is 0. The van der Waals surface area contributed by atoms with Crippen molar-refractivity contribution in [2.45, 2.75) is 0 Å². The average Bonchev–Trinajstić information content (AvgIpc) is 3.95. The van der Waals surface area contributed by atoms with Crippen LogP contribution in [0.15, 0.2) is 249 Å². The van der Waals surface area contributed by atoms with E-state index >= 15 is 0 Å².